The summed E-state index contributed by atoms with van der Waals surface area (Å²) in [5, 5.41) is 3.36. The highest BCUT2D eigenvalue weighted by Gasteiger charge is 2.26. The maximum atomic E-state index is 12.1. The van der Waals surface area contributed by atoms with Gasteiger partial charge in [0.2, 0.25) is 0 Å². The van der Waals surface area contributed by atoms with Gasteiger partial charge in [-0.3, -0.25) is 4.98 Å². The van der Waals surface area contributed by atoms with Crippen molar-refractivity contribution in [3.8, 4) is 0 Å². The molecule has 7 nitrogen and oxygen atoms in total. The number of nitrogens with two attached hydrogens (primary N) is 1. The van der Waals surface area contributed by atoms with Gasteiger partial charge >= 0.3 is 6.09 Å². The maximum absolute atomic E-state index is 12.1. The number of amides is 1. The Kier molecular flexibility index (Phi) is 5.15. The number of carbonyl (C=O) groups excluding carboxylic acids is 1. The summed E-state index contributed by atoms with van der Waals surface area (Å²) in [6.45, 7) is 7.94. The van der Waals surface area contributed by atoms with E-state index in [1.54, 1.807) is 11.1 Å². The van der Waals surface area contributed by atoms with Crippen LogP contribution in [0, 0.1) is 5.92 Å². The van der Waals surface area contributed by atoms with E-state index in [1.165, 1.54) is 0 Å². The van der Waals surface area contributed by atoms with Crippen molar-refractivity contribution in [2.45, 2.75) is 39.2 Å². The maximum Gasteiger partial charge on any atom is 0.410 e. The molecule has 0 unspecified atom stereocenters. The number of anilines is 2. The van der Waals surface area contributed by atoms with Crippen molar-refractivity contribution in [3.05, 3.63) is 24.4 Å². The quantitative estimate of drug-likeness (QED) is 0.819. The van der Waals surface area contributed by atoms with Crippen LogP contribution in [0.2, 0.25) is 0 Å². The molecule has 3 rings (SSSR count). The first kappa shape index (κ1) is 18.2. The van der Waals surface area contributed by atoms with E-state index in [9.17, 15) is 4.79 Å². The van der Waals surface area contributed by atoms with Crippen LogP contribution in [0.15, 0.2) is 24.4 Å². The van der Waals surface area contributed by atoms with Crippen LogP contribution in [-0.4, -0.2) is 46.2 Å². The SMILES string of the molecule is CC(C)(C)OC(=O)N1CCC(CNc2cnc3cc(N)ccc3n2)CC1. The predicted octanol–water partition coefficient (Wildman–Crippen LogP) is 3.27. The van der Waals surface area contributed by atoms with Crippen molar-refractivity contribution in [2.75, 3.05) is 30.7 Å². The highest BCUT2D eigenvalue weighted by molar-refractivity contribution is 5.79. The van der Waals surface area contributed by atoms with Gasteiger partial charge in [-0.15, -0.1) is 0 Å². The van der Waals surface area contributed by atoms with Crippen LogP contribution in [-0.2, 0) is 4.74 Å². The molecule has 0 spiro atoms. The molecule has 0 aliphatic carbocycles. The van der Waals surface area contributed by atoms with Gasteiger partial charge in [0.25, 0.3) is 0 Å². The Hall–Kier alpha value is -2.57. The second kappa shape index (κ2) is 7.35. The molecule has 1 aliphatic heterocycles. The van der Waals surface area contributed by atoms with Crippen molar-refractivity contribution in [1.82, 2.24) is 14.9 Å². The molecule has 0 saturated carbocycles. The number of hydrogen-bond donors (Lipinski definition) is 2. The number of aromatic nitrogens is 2. The number of ether oxygens (including phenoxy) is 1. The van der Waals surface area contributed by atoms with E-state index >= 15 is 0 Å². The zero-order chi connectivity index (χ0) is 18.7. The molecule has 1 saturated heterocycles. The number of hydrogen-bond acceptors (Lipinski definition) is 6. The van der Waals surface area contributed by atoms with Gasteiger partial charge in [0.15, 0.2) is 0 Å². The van der Waals surface area contributed by atoms with Crippen LogP contribution in [0.5, 0.6) is 0 Å². The summed E-state index contributed by atoms with van der Waals surface area (Å²) < 4.78 is 5.44. The first-order valence-electron chi connectivity index (χ1n) is 9.04. The monoisotopic (exact) mass is 357 g/mol. The Morgan fingerprint density at radius 1 is 1.31 bits per heavy atom. The van der Waals surface area contributed by atoms with Gasteiger partial charge in [0, 0.05) is 25.3 Å². The van der Waals surface area contributed by atoms with Crippen molar-refractivity contribution in [2.24, 2.45) is 5.92 Å². The highest BCUT2D eigenvalue weighted by atomic mass is 16.6. The molecule has 140 valence electrons. The zero-order valence-corrected chi connectivity index (χ0v) is 15.7. The Balaban J connectivity index is 1.49. The van der Waals surface area contributed by atoms with Gasteiger partial charge in [-0.2, -0.15) is 0 Å². The van der Waals surface area contributed by atoms with Crippen LogP contribution in [0.25, 0.3) is 11.0 Å². The molecule has 1 aromatic carbocycles. The van der Waals surface area contributed by atoms with Crippen LogP contribution in [0.1, 0.15) is 33.6 Å². The number of fused-ring (bicyclic) bond motifs is 1. The number of piperidine rings is 1. The number of benzene rings is 1. The Labute approximate surface area is 153 Å². The van der Waals surface area contributed by atoms with E-state index < -0.39 is 5.60 Å². The number of nitrogens with zero attached hydrogens (tertiary/aromatic N) is 3. The van der Waals surface area contributed by atoms with Gasteiger partial charge in [0.1, 0.15) is 11.4 Å². The summed E-state index contributed by atoms with van der Waals surface area (Å²) in [4.78, 5) is 22.9. The molecule has 2 heterocycles. The first-order chi connectivity index (χ1) is 12.3. The van der Waals surface area contributed by atoms with Crippen LogP contribution in [0.3, 0.4) is 0 Å². The average Bonchev–Trinajstić information content (AvgIpc) is 2.59. The minimum Gasteiger partial charge on any atom is -0.444 e. The van der Waals surface area contributed by atoms with Gasteiger partial charge in [-0.25, -0.2) is 9.78 Å². The number of rotatable bonds is 3. The largest absolute Gasteiger partial charge is 0.444 e. The molecule has 1 aliphatic rings. The third-order valence-corrected chi connectivity index (χ3v) is 4.40. The fraction of sp³-hybridized carbons (Fsp3) is 0.526. The highest BCUT2D eigenvalue weighted by Crippen LogP contribution is 2.21. The van der Waals surface area contributed by atoms with E-state index in [0.29, 0.717) is 11.6 Å². The standard InChI is InChI=1S/C19H27N5O2/c1-19(2,3)26-18(25)24-8-6-13(7-9-24)11-22-17-12-21-16-10-14(20)4-5-15(16)23-17/h4-5,10,12-13H,6-9,11,20H2,1-3H3,(H,22,23). The normalized spacial score (nSPS) is 15.9. The minimum atomic E-state index is -0.449. The number of carbonyl (C=O) groups is 1. The molecule has 0 bridgehead atoms. The van der Waals surface area contributed by atoms with Gasteiger partial charge in [-0.05, 0) is 57.7 Å². The predicted molar refractivity (Wildman–Crippen MR) is 103 cm³/mol. The lowest BCUT2D eigenvalue weighted by Crippen LogP contribution is -2.42. The lowest BCUT2D eigenvalue weighted by molar-refractivity contribution is 0.0188. The molecule has 1 fully saturated rings. The smallest absolute Gasteiger partial charge is 0.410 e. The molecule has 7 heteroatoms. The van der Waals surface area contributed by atoms with E-state index in [-0.39, 0.29) is 6.09 Å². The molecule has 2 aromatic rings. The molecule has 26 heavy (non-hydrogen) atoms. The van der Waals surface area contributed by atoms with E-state index in [2.05, 4.69) is 15.3 Å². The molecule has 3 N–H and O–H groups in total. The molecule has 0 radical (unpaired) electrons. The van der Waals surface area contributed by atoms with E-state index in [4.69, 9.17) is 10.5 Å². The first-order valence-corrected chi connectivity index (χ1v) is 9.04. The molecular weight excluding hydrogens is 330 g/mol. The molecule has 1 amide bonds. The number of likely N-dealkylation sites (tertiary alicyclic amines) is 1. The van der Waals surface area contributed by atoms with Gasteiger partial charge in [-0.1, -0.05) is 0 Å². The Morgan fingerprint density at radius 2 is 2.04 bits per heavy atom. The van der Waals surface area contributed by atoms with Crippen LogP contribution < -0.4 is 11.1 Å². The topological polar surface area (TPSA) is 93.4 Å². The van der Waals surface area contributed by atoms with Crippen LogP contribution in [0.4, 0.5) is 16.3 Å². The second-order valence-corrected chi connectivity index (χ2v) is 7.80. The van der Waals surface area contributed by atoms with Gasteiger partial charge < -0.3 is 20.7 Å². The summed E-state index contributed by atoms with van der Waals surface area (Å²) in [6, 6.07) is 5.52. The van der Waals surface area contributed by atoms with Crippen molar-refractivity contribution < 1.29 is 9.53 Å². The summed E-state index contributed by atoms with van der Waals surface area (Å²) in [6.07, 6.45) is 3.41. The number of nitrogen functional groups attached to an aromatic ring is 1. The summed E-state index contributed by atoms with van der Waals surface area (Å²) in [5.41, 5.74) is 7.61. The average molecular weight is 357 g/mol. The zero-order valence-electron chi connectivity index (χ0n) is 15.7. The van der Waals surface area contributed by atoms with Crippen molar-refractivity contribution >= 4 is 28.6 Å². The minimum absolute atomic E-state index is 0.219. The fourth-order valence-electron chi connectivity index (χ4n) is 3.01. The Morgan fingerprint density at radius 3 is 2.73 bits per heavy atom. The third-order valence-electron chi connectivity index (χ3n) is 4.40. The lowest BCUT2D eigenvalue weighted by atomic mass is 9.97. The van der Waals surface area contributed by atoms with Crippen molar-refractivity contribution in [3.63, 3.8) is 0 Å². The Bertz CT molecular complexity index is 779. The molecule has 0 atom stereocenters. The summed E-state index contributed by atoms with van der Waals surface area (Å²) in [5.74, 6) is 1.26. The van der Waals surface area contributed by atoms with E-state index in [0.717, 1.165) is 49.3 Å². The molecular formula is C19H27N5O2. The van der Waals surface area contributed by atoms with Gasteiger partial charge in [0.05, 0.1) is 17.2 Å². The fourth-order valence-corrected chi connectivity index (χ4v) is 3.01. The van der Waals surface area contributed by atoms with Crippen molar-refractivity contribution in [1.29, 1.82) is 0 Å². The summed E-state index contributed by atoms with van der Waals surface area (Å²) in [7, 11) is 0. The summed E-state index contributed by atoms with van der Waals surface area (Å²) >= 11 is 0. The van der Waals surface area contributed by atoms with Crippen LogP contribution >= 0.6 is 0 Å². The third kappa shape index (κ3) is 4.74. The van der Waals surface area contributed by atoms with E-state index in [1.807, 2.05) is 39.0 Å². The number of nitrogens with one attached hydrogen (secondary N) is 1. The second-order valence-electron chi connectivity index (χ2n) is 7.80. The lowest BCUT2D eigenvalue weighted by Gasteiger charge is -2.33. The molecule has 1 aromatic heterocycles.